The number of β-amino-alcohol motifs (C(OH)–C–C–N with tert-alkyl or cyclic N) is 1. The molecule has 1 rings (SSSR count). The molecule has 0 aromatic carbocycles. The van der Waals surface area contributed by atoms with Crippen molar-refractivity contribution >= 4 is 17.9 Å². The predicted octanol–water partition coefficient (Wildman–Crippen LogP) is -2.28. The predicted molar refractivity (Wildman–Crippen MR) is 62.2 cm³/mol. The van der Waals surface area contributed by atoms with Crippen LogP contribution in [0.25, 0.3) is 0 Å². The van der Waals surface area contributed by atoms with Crippen LogP contribution in [0.5, 0.6) is 0 Å². The first-order valence-electron chi connectivity index (χ1n) is 5.73. The van der Waals surface area contributed by atoms with Gasteiger partial charge < -0.3 is 30.9 Å². The van der Waals surface area contributed by atoms with Gasteiger partial charge in [-0.2, -0.15) is 0 Å². The standard InChI is InChI=1S/C10H17N3O6/c11-8(15)5-19-2-1-12-10(18)13-4-6(14)3-7(13)9(16)17/h6-7,14H,1-5H2,(H2,11,15)(H,12,18)(H,16,17)/t6-,7-/m1/s1. The fraction of sp³-hybridized carbons (Fsp3) is 0.700. The van der Waals surface area contributed by atoms with E-state index in [0.717, 1.165) is 4.90 Å². The third kappa shape index (κ3) is 4.72. The fourth-order valence-corrected chi connectivity index (χ4v) is 1.78. The second-order valence-corrected chi connectivity index (χ2v) is 4.15. The molecule has 1 fully saturated rings. The Kier molecular flexibility index (Phi) is 5.52. The van der Waals surface area contributed by atoms with E-state index < -0.39 is 30.1 Å². The summed E-state index contributed by atoms with van der Waals surface area (Å²) in [4.78, 5) is 34.0. The van der Waals surface area contributed by atoms with Gasteiger partial charge in [0.1, 0.15) is 12.6 Å². The Morgan fingerprint density at radius 3 is 2.68 bits per heavy atom. The van der Waals surface area contributed by atoms with E-state index in [1.54, 1.807) is 0 Å². The van der Waals surface area contributed by atoms with Crippen LogP contribution in [0.15, 0.2) is 0 Å². The van der Waals surface area contributed by atoms with Gasteiger partial charge >= 0.3 is 12.0 Å². The number of primary amides is 1. The van der Waals surface area contributed by atoms with Crippen LogP contribution in [0.1, 0.15) is 6.42 Å². The molecular formula is C10H17N3O6. The average Bonchev–Trinajstić information content (AvgIpc) is 2.70. The molecular weight excluding hydrogens is 258 g/mol. The number of carbonyl (C=O) groups excluding carboxylic acids is 2. The van der Waals surface area contributed by atoms with Crippen LogP contribution < -0.4 is 11.1 Å². The highest BCUT2D eigenvalue weighted by Crippen LogP contribution is 2.17. The molecule has 1 heterocycles. The van der Waals surface area contributed by atoms with Crippen molar-refractivity contribution in [3.05, 3.63) is 0 Å². The smallest absolute Gasteiger partial charge is 0.326 e. The van der Waals surface area contributed by atoms with Gasteiger partial charge in [0.2, 0.25) is 5.91 Å². The van der Waals surface area contributed by atoms with Crippen LogP contribution in [0, 0.1) is 0 Å². The highest BCUT2D eigenvalue weighted by molar-refractivity contribution is 5.83. The first-order valence-corrected chi connectivity index (χ1v) is 5.73. The number of aliphatic carboxylic acids is 1. The molecule has 1 aliphatic heterocycles. The topological polar surface area (TPSA) is 142 Å². The maximum atomic E-state index is 11.7. The van der Waals surface area contributed by atoms with Gasteiger partial charge in [-0.15, -0.1) is 0 Å². The molecule has 0 aliphatic carbocycles. The van der Waals surface area contributed by atoms with Crippen LogP contribution in [-0.2, 0) is 14.3 Å². The van der Waals surface area contributed by atoms with Crippen LogP contribution in [-0.4, -0.2) is 71.5 Å². The molecule has 108 valence electrons. The molecule has 1 aliphatic rings. The zero-order valence-corrected chi connectivity index (χ0v) is 10.2. The molecule has 0 saturated carbocycles. The maximum Gasteiger partial charge on any atom is 0.326 e. The second kappa shape index (κ2) is 6.90. The highest BCUT2D eigenvalue weighted by Gasteiger charge is 2.38. The molecule has 9 heteroatoms. The highest BCUT2D eigenvalue weighted by atomic mass is 16.5. The number of carboxylic acid groups (broad SMARTS) is 1. The molecule has 19 heavy (non-hydrogen) atoms. The van der Waals surface area contributed by atoms with Crippen LogP contribution in [0.4, 0.5) is 4.79 Å². The quantitative estimate of drug-likeness (QED) is 0.402. The van der Waals surface area contributed by atoms with Gasteiger partial charge in [-0.1, -0.05) is 0 Å². The minimum absolute atomic E-state index is 0.0148. The Morgan fingerprint density at radius 2 is 2.11 bits per heavy atom. The number of ether oxygens (including phenoxy) is 1. The lowest BCUT2D eigenvalue weighted by atomic mass is 10.2. The van der Waals surface area contributed by atoms with Crippen molar-refractivity contribution in [1.29, 1.82) is 0 Å². The molecule has 0 aromatic rings. The number of nitrogens with one attached hydrogen (secondary N) is 1. The van der Waals surface area contributed by atoms with Crippen molar-refractivity contribution in [2.75, 3.05) is 26.3 Å². The normalized spacial score (nSPS) is 22.3. The van der Waals surface area contributed by atoms with Gasteiger partial charge in [-0.25, -0.2) is 9.59 Å². The molecule has 0 aromatic heterocycles. The second-order valence-electron chi connectivity index (χ2n) is 4.15. The number of aliphatic hydroxyl groups excluding tert-OH is 1. The monoisotopic (exact) mass is 275 g/mol. The molecule has 9 nitrogen and oxygen atoms in total. The van der Waals surface area contributed by atoms with Gasteiger partial charge in [0.05, 0.1) is 12.7 Å². The molecule has 0 bridgehead atoms. The van der Waals surface area contributed by atoms with E-state index in [-0.39, 0.29) is 32.7 Å². The van der Waals surface area contributed by atoms with E-state index in [9.17, 15) is 19.5 Å². The summed E-state index contributed by atoms with van der Waals surface area (Å²) in [6.07, 6.45) is -0.820. The summed E-state index contributed by atoms with van der Waals surface area (Å²) in [7, 11) is 0. The first kappa shape index (κ1) is 15.2. The molecule has 0 radical (unpaired) electrons. The molecule has 3 amide bonds. The zero-order valence-electron chi connectivity index (χ0n) is 10.2. The maximum absolute atomic E-state index is 11.7. The number of nitrogens with zero attached hydrogens (tertiary/aromatic N) is 1. The minimum atomic E-state index is -1.16. The lowest BCUT2D eigenvalue weighted by molar-refractivity contribution is -0.141. The largest absolute Gasteiger partial charge is 0.480 e. The number of amides is 3. The van der Waals surface area contributed by atoms with Crippen molar-refractivity contribution in [2.24, 2.45) is 5.73 Å². The third-order valence-corrected chi connectivity index (χ3v) is 2.59. The SMILES string of the molecule is NC(=O)COCCNC(=O)N1C[C@H](O)C[C@@H]1C(=O)O. The summed E-state index contributed by atoms with van der Waals surface area (Å²) < 4.78 is 4.83. The number of hydrogen-bond acceptors (Lipinski definition) is 5. The fourth-order valence-electron chi connectivity index (χ4n) is 1.78. The van der Waals surface area contributed by atoms with Gasteiger partial charge in [-0.3, -0.25) is 4.79 Å². The zero-order chi connectivity index (χ0) is 14.4. The van der Waals surface area contributed by atoms with E-state index in [0.29, 0.717) is 0 Å². The molecule has 1 saturated heterocycles. The van der Waals surface area contributed by atoms with E-state index in [4.69, 9.17) is 15.6 Å². The Hall–Kier alpha value is -1.87. The Morgan fingerprint density at radius 1 is 1.42 bits per heavy atom. The van der Waals surface area contributed by atoms with Gasteiger partial charge in [-0.05, 0) is 0 Å². The van der Waals surface area contributed by atoms with Crippen LogP contribution in [0.2, 0.25) is 0 Å². The lowest BCUT2D eigenvalue weighted by Gasteiger charge is -2.21. The minimum Gasteiger partial charge on any atom is -0.480 e. The summed E-state index contributed by atoms with van der Waals surface area (Å²) in [6.45, 7) is -0.0607. The van der Waals surface area contributed by atoms with Crippen LogP contribution in [0.3, 0.4) is 0 Å². The molecule has 2 atom stereocenters. The number of likely N-dealkylation sites (tertiary alicyclic amines) is 1. The Balaban J connectivity index is 2.32. The van der Waals surface area contributed by atoms with Crippen molar-refractivity contribution in [3.63, 3.8) is 0 Å². The number of nitrogens with two attached hydrogens (primary N) is 1. The van der Waals surface area contributed by atoms with Gasteiger partial charge in [0.25, 0.3) is 0 Å². The van der Waals surface area contributed by atoms with Gasteiger partial charge in [0, 0.05) is 19.5 Å². The summed E-state index contributed by atoms with van der Waals surface area (Å²) >= 11 is 0. The van der Waals surface area contributed by atoms with E-state index in [1.165, 1.54) is 0 Å². The van der Waals surface area contributed by atoms with Crippen molar-refractivity contribution in [1.82, 2.24) is 10.2 Å². The Labute approximate surface area is 109 Å². The lowest BCUT2D eigenvalue weighted by Crippen LogP contribution is -2.47. The number of urea groups is 1. The van der Waals surface area contributed by atoms with Crippen LogP contribution >= 0.6 is 0 Å². The van der Waals surface area contributed by atoms with Crippen molar-refractivity contribution in [2.45, 2.75) is 18.6 Å². The van der Waals surface area contributed by atoms with E-state index in [2.05, 4.69) is 5.32 Å². The Bertz CT molecular complexity index is 361. The number of rotatable bonds is 6. The number of carbonyl (C=O) groups is 3. The third-order valence-electron chi connectivity index (χ3n) is 2.59. The summed E-state index contributed by atoms with van der Waals surface area (Å²) in [5, 5.41) is 20.7. The molecule has 5 N–H and O–H groups in total. The first-order chi connectivity index (χ1) is 8.91. The molecule has 0 unspecified atom stereocenters. The van der Waals surface area contributed by atoms with E-state index >= 15 is 0 Å². The summed E-state index contributed by atoms with van der Waals surface area (Å²) in [5.41, 5.74) is 4.85. The van der Waals surface area contributed by atoms with Crippen molar-refractivity contribution < 1.29 is 29.3 Å². The molecule has 0 spiro atoms. The number of aliphatic hydroxyl groups is 1. The van der Waals surface area contributed by atoms with E-state index in [1.807, 2.05) is 0 Å². The number of carboxylic acids is 1. The average molecular weight is 275 g/mol. The van der Waals surface area contributed by atoms with Gasteiger partial charge in [0.15, 0.2) is 0 Å². The summed E-state index contributed by atoms with van der Waals surface area (Å²) in [6, 6.07) is -1.62. The summed E-state index contributed by atoms with van der Waals surface area (Å²) in [5.74, 6) is -1.77. The van der Waals surface area contributed by atoms with Crippen molar-refractivity contribution in [3.8, 4) is 0 Å². The number of hydrogen-bond donors (Lipinski definition) is 4.